The maximum Gasteiger partial charge on any atom is 0.418 e. The highest BCUT2D eigenvalue weighted by Crippen LogP contribution is 2.30. The molecule has 2 nitrogen and oxygen atoms in total. The molecular formula is C7H7F5O2. The van der Waals surface area contributed by atoms with Crippen LogP contribution >= 0.6 is 0 Å². The predicted octanol–water partition coefficient (Wildman–Crippen LogP) is 2.30. The summed E-state index contributed by atoms with van der Waals surface area (Å²) in [6, 6.07) is 0. The molecule has 0 saturated carbocycles. The van der Waals surface area contributed by atoms with Crippen LogP contribution in [0, 0.1) is 0 Å². The highest BCUT2D eigenvalue weighted by molar-refractivity contribution is 5.83. The Balaban J connectivity index is 4.75. The molecule has 0 fully saturated rings. The summed E-state index contributed by atoms with van der Waals surface area (Å²) < 4.78 is 63.1. The van der Waals surface area contributed by atoms with Gasteiger partial charge in [-0.2, -0.15) is 13.2 Å². The lowest BCUT2D eigenvalue weighted by Gasteiger charge is -2.09. The monoisotopic (exact) mass is 218 g/mol. The van der Waals surface area contributed by atoms with E-state index >= 15 is 0 Å². The number of alkyl halides is 5. The molecule has 7 heteroatoms. The Morgan fingerprint density at radius 2 is 1.93 bits per heavy atom. The molecule has 0 aromatic carbocycles. The van der Waals surface area contributed by atoms with E-state index in [2.05, 4.69) is 4.74 Å². The SMILES string of the molecule is CCOC(=O)C=C(C(F)F)C(F)(F)F. The average molecular weight is 218 g/mol. The van der Waals surface area contributed by atoms with Crippen molar-refractivity contribution in [3.8, 4) is 0 Å². The minimum atomic E-state index is -5.22. The van der Waals surface area contributed by atoms with E-state index in [9.17, 15) is 26.7 Å². The first-order valence-corrected chi connectivity index (χ1v) is 3.52. The van der Waals surface area contributed by atoms with Crippen molar-refractivity contribution >= 4 is 5.97 Å². The third-order valence-corrected chi connectivity index (χ3v) is 1.12. The smallest absolute Gasteiger partial charge is 0.418 e. The second-order valence-corrected chi connectivity index (χ2v) is 2.15. The molecule has 0 aliphatic heterocycles. The van der Waals surface area contributed by atoms with Gasteiger partial charge in [0.25, 0.3) is 6.43 Å². The van der Waals surface area contributed by atoms with Crippen molar-refractivity contribution in [3.63, 3.8) is 0 Å². The molecule has 0 saturated heterocycles. The van der Waals surface area contributed by atoms with Crippen LogP contribution in [0.5, 0.6) is 0 Å². The first-order chi connectivity index (χ1) is 6.29. The van der Waals surface area contributed by atoms with Crippen molar-refractivity contribution in [2.45, 2.75) is 19.5 Å². The van der Waals surface area contributed by atoms with Gasteiger partial charge in [-0.3, -0.25) is 0 Å². The van der Waals surface area contributed by atoms with Crippen molar-refractivity contribution in [1.29, 1.82) is 0 Å². The van der Waals surface area contributed by atoms with Gasteiger partial charge in [0, 0.05) is 6.08 Å². The minimum absolute atomic E-state index is 0.177. The Hall–Kier alpha value is -1.14. The maximum atomic E-state index is 11.8. The van der Waals surface area contributed by atoms with Crippen molar-refractivity contribution in [1.82, 2.24) is 0 Å². The van der Waals surface area contributed by atoms with Gasteiger partial charge in [-0.1, -0.05) is 0 Å². The van der Waals surface area contributed by atoms with Crippen LogP contribution in [0.1, 0.15) is 6.92 Å². The number of carbonyl (C=O) groups is 1. The molecule has 0 amide bonds. The normalized spacial score (nSPS) is 13.2. The van der Waals surface area contributed by atoms with Gasteiger partial charge < -0.3 is 4.74 Å². The Morgan fingerprint density at radius 3 is 2.21 bits per heavy atom. The van der Waals surface area contributed by atoms with Gasteiger partial charge in [0.05, 0.1) is 6.61 Å². The van der Waals surface area contributed by atoms with Crippen LogP contribution in [0.15, 0.2) is 11.6 Å². The van der Waals surface area contributed by atoms with Crippen LogP contribution in [0.2, 0.25) is 0 Å². The van der Waals surface area contributed by atoms with E-state index in [0.717, 1.165) is 0 Å². The highest BCUT2D eigenvalue weighted by Gasteiger charge is 2.40. The first kappa shape index (κ1) is 12.9. The van der Waals surface area contributed by atoms with Crippen molar-refractivity contribution in [3.05, 3.63) is 11.6 Å². The molecule has 14 heavy (non-hydrogen) atoms. The molecule has 0 aliphatic rings. The maximum absolute atomic E-state index is 11.8. The van der Waals surface area contributed by atoms with E-state index in [1.807, 2.05) is 0 Å². The zero-order valence-corrected chi connectivity index (χ0v) is 7.07. The van der Waals surface area contributed by atoms with Crippen molar-refractivity contribution < 1.29 is 31.5 Å². The molecular weight excluding hydrogens is 211 g/mol. The summed E-state index contributed by atoms with van der Waals surface area (Å²) in [5.74, 6) is -1.43. The third-order valence-electron chi connectivity index (χ3n) is 1.12. The number of halogens is 5. The quantitative estimate of drug-likeness (QED) is 0.412. The molecule has 0 heterocycles. The molecule has 0 unspecified atom stereocenters. The molecule has 0 bridgehead atoms. The molecule has 0 aromatic heterocycles. The van der Waals surface area contributed by atoms with E-state index in [1.54, 1.807) is 0 Å². The number of esters is 1. The average Bonchev–Trinajstić information content (AvgIpc) is 1.98. The Bertz CT molecular complexity index is 231. The van der Waals surface area contributed by atoms with Crippen molar-refractivity contribution in [2.24, 2.45) is 0 Å². The van der Waals surface area contributed by atoms with Crippen LogP contribution in [-0.4, -0.2) is 25.2 Å². The first-order valence-electron chi connectivity index (χ1n) is 3.52. The largest absolute Gasteiger partial charge is 0.463 e. The standard InChI is InChI=1S/C7H7F5O2/c1-2-14-5(13)3-4(6(8)9)7(10,11)12/h3,6H,2H2,1H3. The van der Waals surface area contributed by atoms with Gasteiger partial charge in [-0.15, -0.1) is 0 Å². The fourth-order valence-electron chi connectivity index (χ4n) is 0.579. The summed E-state index contributed by atoms with van der Waals surface area (Å²) in [6.07, 6.45) is -9.21. The fraction of sp³-hybridized carbons (Fsp3) is 0.571. The van der Waals surface area contributed by atoms with Gasteiger partial charge in [-0.25, -0.2) is 13.6 Å². The van der Waals surface area contributed by atoms with Gasteiger partial charge in [0.15, 0.2) is 0 Å². The van der Waals surface area contributed by atoms with Gasteiger partial charge in [0.2, 0.25) is 0 Å². The second kappa shape index (κ2) is 4.92. The summed E-state index contributed by atoms with van der Waals surface area (Å²) in [7, 11) is 0. The third kappa shape index (κ3) is 4.20. The number of allylic oxidation sites excluding steroid dienone is 1. The van der Waals surface area contributed by atoms with Crippen LogP contribution in [0.4, 0.5) is 22.0 Å². The van der Waals surface area contributed by atoms with E-state index in [0.29, 0.717) is 0 Å². The Morgan fingerprint density at radius 1 is 1.43 bits per heavy atom. The summed E-state index contributed by atoms with van der Waals surface area (Å²) in [4.78, 5) is 10.5. The van der Waals surface area contributed by atoms with Gasteiger partial charge in [-0.05, 0) is 6.92 Å². The molecule has 0 atom stereocenters. The second-order valence-electron chi connectivity index (χ2n) is 2.15. The van der Waals surface area contributed by atoms with E-state index in [4.69, 9.17) is 0 Å². The lowest BCUT2D eigenvalue weighted by atomic mass is 10.2. The fourth-order valence-corrected chi connectivity index (χ4v) is 0.579. The number of ether oxygens (including phenoxy) is 1. The number of carbonyl (C=O) groups excluding carboxylic acids is 1. The van der Waals surface area contributed by atoms with Crippen LogP contribution < -0.4 is 0 Å². The number of hydrogen-bond donors (Lipinski definition) is 0. The molecule has 0 spiro atoms. The van der Waals surface area contributed by atoms with E-state index in [-0.39, 0.29) is 12.7 Å². The summed E-state index contributed by atoms with van der Waals surface area (Å²) in [6.45, 7) is 1.17. The Labute approximate surface area is 76.3 Å². The number of rotatable bonds is 3. The molecule has 0 rings (SSSR count). The molecule has 0 N–H and O–H groups in total. The summed E-state index contributed by atoms with van der Waals surface area (Å²) in [5.41, 5.74) is -2.20. The predicted molar refractivity (Wildman–Crippen MR) is 36.8 cm³/mol. The molecule has 0 radical (unpaired) electrons. The molecule has 0 aromatic rings. The summed E-state index contributed by atoms with van der Waals surface area (Å²) >= 11 is 0. The minimum Gasteiger partial charge on any atom is -0.463 e. The molecule has 82 valence electrons. The topological polar surface area (TPSA) is 26.3 Å². The van der Waals surface area contributed by atoms with E-state index in [1.165, 1.54) is 6.92 Å². The van der Waals surface area contributed by atoms with E-state index < -0.39 is 24.1 Å². The van der Waals surface area contributed by atoms with Gasteiger partial charge >= 0.3 is 12.1 Å². The number of hydrogen-bond acceptors (Lipinski definition) is 2. The zero-order chi connectivity index (χ0) is 11.4. The lowest BCUT2D eigenvalue weighted by molar-refractivity contribution is -0.139. The highest BCUT2D eigenvalue weighted by atomic mass is 19.4. The van der Waals surface area contributed by atoms with Gasteiger partial charge in [0.1, 0.15) is 5.57 Å². The van der Waals surface area contributed by atoms with Crippen molar-refractivity contribution in [2.75, 3.05) is 6.61 Å². The molecule has 0 aliphatic carbocycles. The van der Waals surface area contributed by atoms with Crippen LogP contribution in [0.25, 0.3) is 0 Å². The lowest BCUT2D eigenvalue weighted by Crippen LogP contribution is -2.20. The zero-order valence-electron chi connectivity index (χ0n) is 7.07. The van der Waals surface area contributed by atoms with Crippen LogP contribution in [-0.2, 0) is 9.53 Å². The van der Waals surface area contributed by atoms with Crippen LogP contribution in [0.3, 0.4) is 0 Å². The summed E-state index contributed by atoms with van der Waals surface area (Å²) in [5, 5.41) is 0. The Kier molecular flexibility index (Phi) is 4.52.